The molecule has 23 heavy (non-hydrogen) atoms. The molecule has 0 amide bonds. The molecule has 0 aliphatic carbocycles. The summed E-state index contributed by atoms with van der Waals surface area (Å²) >= 11 is 0. The Labute approximate surface area is 143 Å². The lowest BCUT2D eigenvalue weighted by Crippen LogP contribution is -2.03. The summed E-state index contributed by atoms with van der Waals surface area (Å²) in [5.74, 6) is -0.0786. The second-order valence-electron chi connectivity index (χ2n) is 5.77. The lowest BCUT2D eigenvalue weighted by molar-refractivity contribution is 0.478. The summed E-state index contributed by atoms with van der Waals surface area (Å²) < 4.78 is 53.7. The molecule has 0 spiro atoms. The largest absolute Gasteiger partial charge is 0.288 e. The van der Waals surface area contributed by atoms with Crippen LogP contribution in [0.2, 0.25) is 0 Å². The summed E-state index contributed by atoms with van der Waals surface area (Å²) in [6.07, 6.45) is 15.9. The summed E-state index contributed by atoms with van der Waals surface area (Å²) in [4.78, 5) is 0. The fourth-order valence-corrected chi connectivity index (χ4v) is 2.87. The van der Waals surface area contributed by atoms with E-state index < -0.39 is 21.1 Å². The van der Waals surface area contributed by atoms with Crippen LogP contribution in [-0.4, -0.2) is 31.7 Å². The topological polar surface area (TPSA) is 109 Å². The van der Waals surface area contributed by atoms with E-state index in [0.717, 1.165) is 12.8 Å². The molecule has 0 unspecified atom stereocenters. The van der Waals surface area contributed by atoms with Crippen LogP contribution in [0.5, 0.6) is 0 Å². The van der Waals surface area contributed by atoms with E-state index in [9.17, 15) is 8.42 Å². The molecule has 0 fully saturated rings. The van der Waals surface area contributed by atoms with Crippen molar-refractivity contribution in [1.29, 1.82) is 0 Å². The molecular weight excluding hydrogens is 340 g/mol. The highest BCUT2D eigenvalue weighted by atomic mass is 32.2. The molecule has 6 nitrogen and oxygen atoms in total. The Kier molecular flexibility index (Phi) is 19.8. The Morgan fingerprint density at radius 1 is 0.696 bits per heavy atom. The highest BCUT2D eigenvalue weighted by Crippen LogP contribution is 2.12. The van der Waals surface area contributed by atoms with Crippen molar-refractivity contribution in [2.45, 2.75) is 90.4 Å². The van der Waals surface area contributed by atoms with Gasteiger partial charge in [-0.25, -0.2) is 8.42 Å². The quantitative estimate of drug-likeness (QED) is 0.240. The van der Waals surface area contributed by atoms with Crippen LogP contribution in [0.25, 0.3) is 0 Å². The SMILES string of the molecule is CCCCCCCCCCCCCCCS(=O)(=O)O.O=[SH](=O)O. The highest BCUT2D eigenvalue weighted by Gasteiger charge is 2.02. The van der Waals surface area contributed by atoms with Crippen molar-refractivity contribution < 1.29 is 25.9 Å². The van der Waals surface area contributed by atoms with Gasteiger partial charge in [0, 0.05) is 0 Å². The summed E-state index contributed by atoms with van der Waals surface area (Å²) in [5.41, 5.74) is 0. The van der Waals surface area contributed by atoms with Crippen molar-refractivity contribution in [2.24, 2.45) is 0 Å². The Hall–Kier alpha value is -0.180. The Bertz CT molecular complexity index is 396. The number of rotatable bonds is 14. The molecule has 0 aromatic heterocycles. The van der Waals surface area contributed by atoms with Crippen molar-refractivity contribution in [3.8, 4) is 0 Å². The van der Waals surface area contributed by atoms with Crippen LogP contribution >= 0.6 is 0 Å². The Balaban J connectivity index is 0. The molecule has 0 rings (SSSR count). The summed E-state index contributed by atoms with van der Waals surface area (Å²) in [5, 5.41) is 0. The second kappa shape index (κ2) is 18.2. The molecule has 0 saturated carbocycles. The lowest BCUT2D eigenvalue weighted by Gasteiger charge is -2.02. The predicted molar refractivity (Wildman–Crippen MR) is 95.1 cm³/mol. The number of hydrogen-bond donors (Lipinski definition) is 3. The maximum atomic E-state index is 10.5. The average Bonchev–Trinajstić information content (AvgIpc) is 2.42. The van der Waals surface area contributed by atoms with E-state index >= 15 is 0 Å². The van der Waals surface area contributed by atoms with Crippen LogP contribution in [0.3, 0.4) is 0 Å². The molecule has 0 saturated heterocycles. The maximum Gasteiger partial charge on any atom is 0.264 e. The molecule has 0 aromatic rings. The van der Waals surface area contributed by atoms with Gasteiger partial charge in [-0.3, -0.25) is 9.11 Å². The molecule has 0 aliphatic heterocycles. The number of hydrogen-bond acceptors (Lipinski definition) is 4. The molecule has 142 valence electrons. The van der Waals surface area contributed by atoms with Crippen molar-refractivity contribution >= 4 is 21.1 Å². The van der Waals surface area contributed by atoms with Crippen molar-refractivity contribution in [2.75, 3.05) is 5.75 Å². The molecule has 0 bridgehead atoms. The molecule has 0 radical (unpaired) electrons. The zero-order valence-electron chi connectivity index (χ0n) is 14.3. The van der Waals surface area contributed by atoms with Crippen LogP contribution in [0, 0.1) is 0 Å². The van der Waals surface area contributed by atoms with Gasteiger partial charge in [0.05, 0.1) is 5.75 Å². The van der Waals surface area contributed by atoms with Crippen LogP contribution in [-0.2, 0) is 21.1 Å². The molecular formula is C15H34O6S2. The minimum absolute atomic E-state index is 0.0786. The van der Waals surface area contributed by atoms with E-state index in [1.807, 2.05) is 0 Å². The lowest BCUT2D eigenvalue weighted by atomic mass is 10.1. The smallest absolute Gasteiger partial charge is 0.264 e. The first kappa shape index (κ1) is 25.1. The van der Waals surface area contributed by atoms with Crippen molar-refractivity contribution in [1.82, 2.24) is 0 Å². The van der Waals surface area contributed by atoms with E-state index in [1.54, 1.807) is 0 Å². The van der Waals surface area contributed by atoms with Gasteiger partial charge in [0.25, 0.3) is 21.1 Å². The second-order valence-corrected chi connectivity index (χ2v) is 7.81. The number of thiol groups is 1. The van der Waals surface area contributed by atoms with Crippen molar-refractivity contribution in [3.63, 3.8) is 0 Å². The zero-order valence-corrected chi connectivity index (χ0v) is 16.0. The standard InChI is InChI=1S/C15H32O3S.H2O3S/c1-2-3-4-5-6-7-8-9-10-11-12-13-14-15-19(16,17)18;1-4(2)3/h2-15H2,1H3,(H,16,17,18);4H,(H,1,2,3). The van der Waals surface area contributed by atoms with Gasteiger partial charge < -0.3 is 0 Å². The predicted octanol–water partition coefficient (Wildman–Crippen LogP) is 4.04. The summed E-state index contributed by atoms with van der Waals surface area (Å²) in [6, 6.07) is 0. The van der Waals surface area contributed by atoms with Gasteiger partial charge >= 0.3 is 0 Å². The summed E-state index contributed by atoms with van der Waals surface area (Å²) in [6.45, 7) is 2.25. The van der Waals surface area contributed by atoms with Crippen LogP contribution < -0.4 is 0 Å². The summed E-state index contributed by atoms with van der Waals surface area (Å²) in [7, 11) is -6.86. The fourth-order valence-electron chi connectivity index (χ4n) is 2.30. The third kappa shape index (κ3) is 34.2. The average molecular weight is 375 g/mol. The first-order chi connectivity index (χ1) is 10.8. The minimum Gasteiger partial charge on any atom is -0.288 e. The van der Waals surface area contributed by atoms with Gasteiger partial charge in [-0.1, -0.05) is 84.0 Å². The van der Waals surface area contributed by atoms with E-state index in [-0.39, 0.29) is 5.75 Å². The minimum atomic E-state index is -3.74. The molecule has 0 aromatic carbocycles. The molecule has 0 heterocycles. The van der Waals surface area contributed by atoms with Crippen LogP contribution in [0.15, 0.2) is 0 Å². The fraction of sp³-hybridized carbons (Fsp3) is 1.00. The van der Waals surface area contributed by atoms with Gasteiger partial charge in [0.1, 0.15) is 0 Å². The monoisotopic (exact) mass is 374 g/mol. The van der Waals surface area contributed by atoms with E-state index in [2.05, 4.69) is 6.92 Å². The molecule has 8 heteroatoms. The Morgan fingerprint density at radius 3 is 1.22 bits per heavy atom. The Morgan fingerprint density at radius 2 is 0.957 bits per heavy atom. The number of unbranched alkanes of at least 4 members (excludes halogenated alkanes) is 12. The van der Waals surface area contributed by atoms with Gasteiger partial charge in [0.15, 0.2) is 0 Å². The maximum absolute atomic E-state index is 10.5. The van der Waals surface area contributed by atoms with Gasteiger partial charge in [-0.05, 0) is 6.42 Å². The van der Waals surface area contributed by atoms with Crippen LogP contribution in [0.1, 0.15) is 90.4 Å². The van der Waals surface area contributed by atoms with Crippen LogP contribution in [0.4, 0.5) is 0 Å². The first-order valence-corrected chi connectivity index (χ1v) is 11.3. The zero-order chi connectivity index (χ0) is 18.0. The molecule has 0 atom stereocenters. The third-order valence-corrected chi connectivity index (χ3v) is 4.31. The van der Waals surface area contributed by atoms with E-state index in [4.69, 9.17) is 17.5 Å². The molecule has 0 aliphatic rings. The van der Waals surface area contributed by atoms with E-state index in [1.165, 1.54) is 64.2 Å². The van der Waals surface area contributed by atoms with Crippen molar-refractivity contribution in [3.05, 3.63) is 0 Å². The van der Waals surface area contributed by atoms with Gasteiger partial charge in [-0.15, -0.1) is 0 Å². The molecule has 2 N–H and O–H groups in total. The first-order valence-electron chi connectivity index (χ1n) is 8.58. The van der Waals surface area contributed by atoms with E-state index in [0.29, 0.717) is 6.42 Å². The van der Waals surface area contributed by atoms with Gasteiger partial charge in [0.2, 0.25) is 0 Å². The third-order valence-electron chi connectivity index (χ3n) is 3.51. The highest BCUT2D eigenvalue weighted by molar-refractivity contribution is 7.85. The normalized spacial score (nSPS) is 11.3. The van der Waals surface area contributed by atoms with Gasteiger partial charge in [-0.2, -0.15) is 8.42 Å².